The molecular formula is C15H17NO. The number of hydrogen-bond acceptors (Lipinski definition) is 2. The summed E-state index contributed by atoms with van der Waals surface area (Å²) in [4.78, 5) is 0. The Labute approximate surface area is 102 Å². The molecule has 0 bridgehead atoms. The fourth-order valence-electron chi connectivity index (χ4n) is 1.99. The van der Waals surface area contributed by atoms with Crippen molar-refractivity contribution in [3.63, 3.8) is 0 Å². The van der Waals surface area contributed by atoms with Crippen LogP contribution in [0.25, 0.3) is 11.1 Å². The summed E-state index contributed by atoms with van der Waals surface area (Å²) in [5, 5.41) is 0. The van der Waals surface area contributed by atoms with Crippen molar-refractivity contribution in [2.45, 2.75) is 13.8 Å². The van der Waals surface area contributed by atoms with Crippen LogP contribution in [-0.2, 0) is 0 Å². The van der Waals surface area contributed by atoms with Crippen molar-refractivity contribution in [1.82, 2.24) is 0 Å². The zero-order chi connectivity index (χ0) is 12.4. The highest BCUT2D eigenvalue weighted by Gasteiger charge is 2.10. The van der Waals surface area contributed by atoms with E-state index >= 15 is 0 Å². The Hall–Kier alpha value is -1.96. The second kappa shape index (κ2) is 4.50. The van der Waals surface area contributed by atoms with Gasteiger partial charge in [0.15, 0.2) is 0 Å². The van der Waals surface area contributed by atoms with Crippen LogP contribution in [0.3, 0.4) is 0 Å². The van der Waals surface area contributed by atoms with E-state index in [1.165, 1.54) is 11.1 Å². The maximum Gasteiger partial charge on any atom is 0.129 e. The van der Waals surface area contributed by atoms with Crippen molar-refractivity contribution < 1.29 is 4.74 Å². The van der Waals surface area contributed by atoms with Gasteiger partial charge in [0.2, 0.25) is 0 Å². The summed E-state index contributed by atoms with van der Waals surface area (Å²) in [6.45, 7) is 4.16. The van der Waals surface area contributed by atoms with Crippen molar-refractivity contribution >= 4 is 5.69 Å². The Kier molecular flexibility index (Phi) is 3.05. The van der Waals surface area contributed by atoms with E-state index in [1.807, 2.05) is 24.3 Å². The van der Waals surface area contributed by atoms with Crippen LogP contribution in [0.15, 0.2) is 36.4 Å². The Morgan fingerprint density at radius 1 is 1.06 bits per heavy atom. The third-order valence-corrected chi connectivity index (χ3v) is 3.08. The summed E-state index contributed by atoms with van der Waals surface area (Å²) in [5.74, 6) is 0.926. The maximum atomic E-state index is 5.81. The quantitative estimate of drug-likeness (QED) is 0.796. The summed E-state index contributed by atoms with van der Waals surface area (Å²) in [7, 11) is 1.71. The highest BCUT2D eigenvalue weighted by Crippen LogP contribution is 2.34. The lowest BCUT2D eigenvalue weighted by Crippen LogP contribution is -1.94. The molecular weight excluding hydrogens is 210 g/mol. The summed E-state index contributed by atoms with van der Waals surface area (Å²) < 4.78 is 5.51. The number of benzene rings is 2. The van der Waals surface area contributed by atoms with Crippen LogP contribution < -0.4 is 10.5 Å². The molecule has 2 heteroatoms. The van der Waals surface area contributed by atoms with Gasteiger partial charge in [0.05, 0.1) is 7.11 Å². The van der Waals surface area contributed by atoms with Gasteiger partial charge >= 0.3 is 0 Å². The summed E-state index contributed by atoms with van der Waals surface area (Å²) in [6, 6.07) is 12.0. The van der Waals surface area contributed by atoms with Gasteiger partial charge in [-0.3, -0.25) is 0 Å². The minimum atomic E-state index is 0.766. The number of rotatable bonds is 2. The number of nitrogens with two attached hydrogens (primary N) is 1. The van der Waals surface area contributed by atoms with Crippen molar-refractivity contribution in [3.8, 4) is 16.9 Å². The average Bonchev–Trinajstić information content (AvgIpc) is 2.32. The summed E-state index contributed by atoms with van der Waals surface area (Å²) >= 11 is 0. The van der Waals surface area contributed by atoms with E-state index in [0.29, 0.717) is 0 Å². The van der Waals surface area contributed by atoms with Crippen molar-refractivity contribution in [2.24, 2.45) is 0 Å². The molecule has 0 saturated heterocycles. The van der Waals surface area contributed by atoms with Crippen LogP contribution in [-0.4, -0.2) is 7.11 Å². The van der Waals surface area contributed by atoms with Crippen LogP contribution in [0.5, 0.6) is 5.75 Å². The average molecular weight is 227 g/mol. The third-order valence-electron chi connectivity index (χ3n) is 3.08. The number of nitrogen functional groups attached to an aromatic ring is 1. The molecule has 0 saturated carbocycles. The Balaban J connectivity index is 2.63. The zero-order valence-corrected chi connectivity index (χ0v) is 10.4. The molecule has 2 nitrogen and oxygen atoms in total. The molecule has 0 spiro atoms. The summed E-state index contributed by atoms with van der Waals surface area (Å²) in [6.07, 6.45) is 0. The van der Waals surface area contributed by atoms with Gasteiger partial charge in [-0.05, 0) is 42.7 Å². The highest BCUT2D eigenvalue weighted by molar-refractivity contribution is 5.75. The lowest BCUT2D eigenvalue weighted by molar-refractivity contribution is 0.413. The van der Waals surface area contributed by atoms with Crippen LogP contribution in [0.1, 0.15) is 11.1 Å². The molecule has 0 heterocycles. The van der Waals surface area contributed by atoms with Crippen molar-refractivity contribution in [2.75, 3.05) is 12.8 Å². The molecule has 0 aliphatic carbocycles. The van der Waals surface area contributed by atoms with E-state index in [-0.39, 0.29) is 0 Å². The van der Waals surface area contributed by atoms with Crippen LogP contribution in [0, 0.1) is 13.8 Å². The van der Waals surface area contributed by atoms with Gasteiger partial charge in [0, 0.05) is 11.3 Å². The molecule has 88 valence electrons. The molecule has 2 rings (SSSR count). The van der Waals surface area contributed by atoms with Crippen LogP contribution in [0.4, 0.5) is 5.69 Å². The molecule has 0 atom stereocenters. The van der Waals surface area contributed by atoms with Crippen LogP contribution >= 0.6 is 0 Å². The Bertz CT molecular complexity index is 547. The Morgan fingerprint density at radius 3 is 2.47 bits per heavy atom. The van der Waals surface area contributed by atoms with E-state index in [0.717, 1.165) is 22.6 Å². The monoisotopic (exact) mass is 227 g/mol. The first-order valence-corrected chi connectivity index (χ1v) is 5.63. The molecule has 17 heavy (non-hydrogen) atoms. The number of hydrogen-bond donors (Lipinski definition) is 1. The number of ether oxygens (including phenoxy) is 1. The van der Waals surface area contributed by atoms with E-state index in [4.69, 9.17) is 10.5 Å². The SMILES string of the molecule is COc1c(-c2cccc(N)c2)ccc(C)c1C. The minimum Gasteiger partial charge on any atom is -0.496 e. The normalized spacial score (nSPS) is 10.3. The molecule has 0 unspecified atom stereocenters. The molecule has 0 fully saturated rings. The molecule has 2 aromatic rings. The highest BCUT2D eigenvalue weighted by atomic mass is 16.5. The Morgan fingerprint density at radius 2 is 1.82 bits per heavy atom. The molecule has 2 N–H and O–H groups in total. The van der Waals surface area contributed by atoms with Gasteiger partial charge in [-0.1, -0.05) is 24.3 Å². The van der Waals surface area contributed by atoms with Crippen LogP contribution in [0.2, 0.25) is 0 Å². The lowest BCUT2D eigenvalue weighted by Gasteiger charge is -2.13. The second-order valence-electron chi connectivity index (χ2n) is 4.21. The first-order valence-electron chi connectivity index (χ1n) is 5.63. The van der Waals surface area contributed by atoms with Gasteiger partial charge in [-0.25, -0.2) is 0 Å². The van der Waals surface area contributed by atoms with Gasteiger partial charge in [0.25, 0.3) is 0 Å². The van der Waals surface area contributed by atoms with E-state index < -0.39 is 0 Å². The fourth-order valence-corrected chi connectivity index (χ4v) is 1.99. The van der Waals surface area contributed by atoms with Gasteiger partial charge in [-0.2, -0.15) is 0 Å². The topological polar surface area (TPSA) is 35.2 Å². The van der Waals surface area contributed by atoms with Gasteiger partial charge in [0.1, 0.15) is 5.75 Å². The predicted octanol–water partition coefficient (Wildman–Crippen LogP) is 3.56. The molecule has 0 amide bonds. The molecule has 0 aliphatic heterocycles. The second-order valence-corrected chi connectivity index (χ2v) is 4.21. The molecule has 0 radical (unpaired) electrons. The van der Waals surface area contributed by atoms with E-state index in [9.17, 15) is 0 Å². The fraction of sp³-hybridized carbons (Fsp3) is 0.200. The number of aryl methyl sites for hydroxylation is 1. The first kappa shape index (κ1) is 11.5. The zero-order valence-electron chi connectivity index (χ0n) is 10.4. The number of anilines is 1. The van der Waals surface area contributed by atoms with Crippen molar-refractivity contribution in [1.29, 1.82) is 0 Å². The van der Waals surface area contributed by atoms with Gasteiger partial charge in [-0.15, -0.1) is 0 Å². The van der Waals surface area contributed by atoms with E-state index in [2.05, 4.69) is 26.0 Å². The molecule has 2 aromatic carbocycles. The molecule has 0 aliphatic rings. The van der Waals surface area contributed by atoms with E-state index in [1.54, 1.807) is 7.11 Å². The largest absolute Gasteiger partial charge is 0.496 e. The standard InChI is InChI=1S/C15H17NO/c1-10-7-8-14(15(17-3)11(10)2)12-5-4-6-13(16)9-12/h4-9H,16H2,1-3H3. The van der Waals surface area contributed by atoms with Crippen molar-refractivity contribution in [3.05, 3.63) is 47.5 Å². The summed E-state index contributed by atoms with van der Waals surface area (Å²) in [5.41, 5.74) is 11.2. The number of methoxy groups -OCH3 is 1. The smallest absolute Gasteiger partial charge is 0.129 e. The predicted molar refractivity (Wildman–Crippen MR) is 72.3 cm³/mol. The van der Waals surface area contributed by atoms with Gasteiger partial charge < -0.3 is 10.5 Å². The third kappa shape index (κ3) is 2.11. The minimum absolute atomic E-state index is 0.766. The first-order chi connectivity index (χ1) is 8.13. The molecule has 0 aromatic heterocycles. The maximum absolute atomic E-state index is 5.81. The lowest BCUT2D eigenvalue weighted by atomic mass is 9.98.